The summed E-state index contributed by atoms with van der Waals surface area (Å²) in [6.07, 6.45) is 7.81. The molecule has 0 fully saturated rings. The van der Waals surface area contributed by atoms with Gasteiger partial charge in [-0.1, -0.05) is 19.9 Å². The molecular formula is C26H33N7O5. The Balaban J connectivity index is 1.74. The summed E-state index contributed by atoms with van der Waals surface area (Å²) < 4.78 is 1.40. The predicted molar refractivity (Wildman–Crippen MR) is 143 cm³/mol. The molecule has 0 aromatic carbocycles. The maximum Gasteiger partial charge on any atom is 0.405 e. The largest absolute Gasteiger partial charge is 0.465 e. The van der Waals surface area contributed by atoms with E-state index in [-0.39, 0.29) is 31.0 Å². The van der Waals surface area contributed by atoms with Gasteiger partial charge in [-0.25, -0.2) is 9.78 Å². The minimum absolute atomic E-state index is 0.00583. The number of imidazole rings is 1. The molecule has 0 aliphatic carbocycles. The van der Waals surface area contributed by atoms with Crippen LogP contribution in [0.1, 0.15) is 38.1 Å². The summed E-state index contributed by atoms with van der Waals surface area (Å²) in [5, 5.41) is 13.8. The number of amides is 3. The van der Waals surface area contributed by atoms with Crippen LogP contribution in [-0.2, 0) is 22.6 Å². The fourth-order valence-electron chi connectivity index (χ4n) is 3.85. The lowest BCUT2D eigenvalue weighted by molar-refractivity contribution is -0.123. The van der Waals surface area contributed by atoms with E-state index >= 15 is 0 Å². The first-order valence-electron chi connectivity index (χ1n) is 12.2. The molecule has 4 N–H and O–H groups in total. The standard InChI is InChI=1S/C26H33N7O5/c1-16(2)12-17-13-27-14-20-23(17)31-21(28-20)15-33-11-7-9-19(25(33)36)29-24(35)18(30-26(37)38)8-5-6-10-22(34)32(3)4/h6-7,9-11,13-14,16,18,30H,5,8,12,15H2,1-4H3,(H,28,31)(H,29,35)(H,37,38)/b10-6+. The topological polar surface area (TPSA) is 162 Å². The van der Waals surface area contributed by atoms with Gasteiger partial charge in [0.25, 0.3) is 5.56 Å². The first-order valence-corrected chi connectivity index (χ1v) is 12.2. The maximum absolute atomic E-state index is 13.1. The number of aromatic nitrogens is 4. The highest BCUT2D eigenvalue weighted by Crippen LogP contribution is 2.18. The van der Waals surface area contributed by atoms with Gasteiger partial charge in [-0.05, 0) is 49.0 Å². The van der Waals surface area contributed by atoms with Crippen molar-refractivity contribution < 1.29 is 19.5 Å². The SMILES string of the molecule is CC(C)Cc1cncc2[nH]c(Cn3cccc(NC(=O)C(CC/C=C/C(=O)N(C)C)NC(=O)O)c3=O)nc12. The fourth-order valence-corrected chi connectivity index (χ4v) is 3.85. The van der Waals surface area contributed by atoms with Crippen molar-refractivity contribution in [3.8, 4) is 0 Å². The number of anilines is 1. The Bertz CT molecular complexity index is 1390. The summed E-state index contributed by atoms with van der Waals surface area (Å²) in [5.74, 6) is 0.0937. The number of nitrogens with zero attached hydrogens (tertiary/aromatic N) is 4. The van der Waals surface area contributed by atoms with Gasteiger partial charge in [-0.3, -0.25) is 19.4 Å². The molecule has 3 aromatic heterocycles. The monoisotopic (exact) mass is 523 g/mol. The number of hydrogen-bond donors (Lipinski definition) is 4. The van der Waals surface area contributed by atoms with Crippen molar-refractivity contribution >= 4 is 34.6 Å². The van der Waals surface area contributed by atoms with E-state index in [1.54, 1.807) is 44.8 Å². The first kappa shape index (κ1) is 28.1. The average molecular weight is 524 g/mol. The second kappa shape index (κ2) is 12.7. The van der Waals surface area contributed by atoms with E-state index in [0.717, 1.165) is 23.0 Å². The van der Waals surface area contributed by atoms with E-state index in [2.05, 4.69) is 39.4 Å². The number of nitrogens with one attached hydrogen (secondary N) is 3. The molecule has 0 radical (unpaired) electrons. The Morgan fingerprint density at radius 3 is 2.68 bits per heavy atom. The summed E-state index contributed by atoms with van der Waals surface area (Å²) in [6, 6.07) is 1.94. The van der Waals surface area contributed by atoms with Crippen LogP contribution in [0.25, 0.3) is 11.0 Å². The molecule has 202 valence electrons. The zero-order valence-electron chi connectivity index (χ0n) is 21.9. The highest BCUT2D eigenvalue weighted by atomic mass is 16.4. The second-order valence-electron chi connectivity index (χ2n) is 9.53. The molecule has 0 bridgehead atoms. The Morgan fingerprint density at radius 1 is 1.24 bits per heavy atom. The van der Waals surface area contributed by atoms with E-state index in [9.17, 15) is 19.2 Å². The number of aromatic amines is 1. The fraction of sp³-hybridized carbons (Fsp3) is 0.385. The predicted octanol–water partition coefficient (Wildman–Crippen LogP) is 2.37. The maximum atomic E-state index is 13.1. The Hall–Kier alpha value is -4.48. The van der Waals surface area contributed by atoms with Crippen LogP contribution in [0.2, 0.25) is 0 Å². The van der Waals surface area contributed by atoms with Gasteiger partial charge in [0.15, 0.2) is 0 Å². The highest BCUT2D eigenvalue weighted by molar-refractivity contribution is 5.96. The molecule has 12 heteroatoms. The zero-order chi connectivity index (χ0) is 27.8. The molecule has 0 saturated heterocycles. The Kier molecular flexibility index (Phi) is 9.36. The second-order valence-corrected chi connectivity index (χ2v) is 9.53. The summed E-state index contributed by atoms with van der Waals surface area (Å²) in [6.45, 7) is 4.37. The minimum atomic E-state index is -1.37. The van der Waals surface area contributed by atoms with Crippen LogP contribution in [0.5, 0.6) is 0 Å². The smallest absolute Gasteiger partial charge is 0.405 e. The highest BCUT2D eigenvalue weighted by Gasteiger charge is 2.21. The third kappa shape index (κ3) is 7.51. The molecule has 3 rings (SSSR count). The molecule has 0 spiro atoms. The van der Waals surface area contributed by atoms with Crippen LogP contribution in [0.15, 0.2) is 47.7 Å². The summed E-state index contributed by atoms with van der Waals surface area (Å²) in [4.78, 5) is 62.3. The zero-order valence-corrected chi connectivity index (χ0v) is 21.9. The lowest BCUT2D eigenvalue weighted by Crippen LogP contribution is -2.44. The lowest BCUT2D eigenvalue weighted by Gasteiger charge is -2.16. The van der Waals surface area contributed by atoms with Gasteiger partial charge in [0, 0.05) is 26.5 Å². The van der Waals surface area contributed by atoms with Crippen molar-refractivity contribution in [1.29, 1.82) is 0 Å². The van der Waals surface area contributed by atoms with Crippen LogP contribution in [0, 0.1) is 5.92 Å². The van der Waals surface area contributed by atoms with Crippen molar-refractivity contribution in [2.24, 2.45) is 5.92 Å². The lowest BCUT2D eigenvalue weighted by atomic mass is 10.0. The van der Waals surface area contributed by atoms with Crippen LogP contribution in [0.3, 0.4) is 0 Å². The van der Waals surface area contributed by atoms with E-state index in [1.165, 1.54) is 21.6 Å². The van der Waals surface area contributed by atoms with E-state index in [4.69, 9.17) is 5.11 Å². The van der Waals surface area contributed by atoms with Crippen LogP contribution in [-0.4, -0.2) is 67.6 Å². The summed E-state index contributed by atoms with van der Waals surface area (Å²) >= 11 is 0. The molecule has 0 aliphatic heterocycles. The number of hydrogen-bond acceptors (Lipinski definition) is 6. The Morgan fingerprint density at radius 2 is 2.00 bits per heavy atom. The Labute approximate surface area is 219 Å². The number of pyridine rings is 2. The van der Waals surface area contributed by atoms with Crippen LogP contribution < -0.4 is 16.2 Å². The van der Waals surface area contributed by atoms with Crippen LogP contribution in [0.4, 0.5) is 10.5 Å². The van der Waals surface area contributed by atoms with E-state index < -0.39 is 23.6 Å². The van der Waals surface area contributed by atoms with Gasteiger partial charge < -0.3 is 30.2 Å². The molecule has 3 aromatic rings. The molecule has 0 saturated carbocycles. The average Bonchev–Trinajstić information content (AvgIpc) is 3.26. The van der Waals surface area contributed by atoms with Crippen LogP contribution >= 0.6 is 0 Å². The molecule has 1 atom stereocenters. The summed E-state index contributed by atoms with van der Waals surface area (Å²) in [7, 11) is 3.22. The van der Waals surface area contributed by atoms with Gasteiger partial charge >= 0.3 is 6.09 Å². The van der Waals surface area contributed by atoms with Gasteiger partial charge in [0.1, 0.15) is 17.6 Å². The van der Waals surface area contributed by atoms with Crippen molar-refractivity contribution in [3.63, 3.8) is 0 Å². The number of likely N-dealkylation sites (N-methyl/N-ethyl adjacent to an activating group) is 1. The van der Waals surface area contributed by atoms with E-state index in [0.29, 0.717) is 11.7 Å². The van der Waals surface area contributed by atoms with Gasteiger partial charge in [0.05, 0.1) is 23.8 Å². The molecule has 3 amide bonds. The van der Waals surface area contributed by atoms with Gasteiger partial charge in [0.2, 0.25) is 11.8 Å². The number of fused-ring (bicyclic) bond motifs is 1. The number of carbonyl (C=O) groups excluding carboxylic acids is 2. The third-order valence-electron chi connectivity index (χ3n) is 5.68. The van der Waals surface area contributed by atoms with Crippen molar-refractivity contribution in [3.05, 3.63) is 64.6 Å². The van der Waals surface area contributed by atoms with Crippen molar-refractivity contribution in [2.75, 3.05) is 19.4 Å². The molecule has 3 heterocycles. The molecule has 0 aliphatic rings. The molecule has 12 nitrogen and oxygen atoms in total. The van der Waals surface area contributed by atoms with Gasteiger partial charge in [-0.2, -0.15) is 0 Å². The quantitative estimate of drug-likeness (QED) is 0.280. The number of allylic oxidation sites excluding steroid dienone is 1. The van der Waals surface area contributed by atoms with Crippen molar-refractivity contribution in [2.45, 2.75) is 45.7 Å². The summed E-state index contributed by atoms with van der Waals surface area (Å²) in [5.41, 5.74) is 2.15. The molecule has 38 heavy (non-hydrogen) atoms. The number of rotatable bonds is 11. The normalized spacial score (nSPS) is 12.1. The molecular weight excluding hydrogens is 490 g/mol. The first-order chi connectivity index (χ1) is 18.0. The number of H-pyrrole nitrogens is 1. The molecule has 1 unspecified atom stereocenters. The van der Waals surface area contributed by atoms with Gasteiger partial charge in [-0.15, -0.1) is 0 Å². The number of carbonyl (C=O) groups is 3. The van der Waals surface area contributed by atoms with Crippen molar-refractivity contribution in [1.82, 2.24) is 29.7 Å². The minimum Gasteiger partial charge on any atom is -0.465 e. The number of carboxylic acid groups (broad SMARTS) is 1. The van der Waals surface area contributed by atoms with E-state index in [1.807, 2.05) is 0 Å². The third-order valence-corrected chi connectivity index (χ3v) is 5.68.